The summed E-state index contributed by atoms with van der Waals surface area (Å²) in [4.78, 5) is 11.6. The van der Waals surface area contributed by atoms with Crippen LogP contribution in [0, 0.1) is 6.92 Å². The molecule has 0 amide bonds. The molecule has 1 atom stereocenters. The molecule has 2 aromatic rings. The Labute approximate surface area is 135 Å². The number of nitrogens with zero attached hydrogens (tertiary/aromatic N) is 5. The third kappa shape index (κ3) is 2.59. The summed E-state index contributed by atoms with van der Waals surface area (Å²) in [6.07, 6.45) is 7.67. The van der Waals surface area contributed by atoms with Crippen LogP contribution in [0.5, 0.6) is 0 Å². The third-order valence-corrected chi connectivity index (χ3v) is 4.94. The summed E-state index contributed by atoms with van der Waals surface area (Å²) in [5, 5.41) is 21.6. The van der Waals surface area contributed by atoms with E-state index in [2.05, 4.69) is 25.3 Å². The van der Waals surface area contributed by atoms with Gasteiger partial charge in [-0.1, -0.05) is 0 Å². The number of aliphatic hydroxyl groups is 1. The Balaban J connectivity index is 1.69. The number of H-pyrrole nitrogens is 1. The second kappa shape index (κ2) is 5.56. The minimum Gasteiger partial charge on any atom is -0.382 e. The van der Waals surface area contributed by atoms with E-state index in [0.29, 0.717) is 18.7 Å². The van der Waals surface area contributed by atoms with Crippen molar-refractivity contribution in [3.63, 3.8) is 0 Å². The van der Waals surface area contributed by atoms with Crippen LogP contribution in [0.2, 0.25) is 0 Å². The summed E-state index contributed by atoms with van der Waals surface area (Å²) in [6.45, 7) is 3.36. The fraction of sp³-hybridized carbons (Fsp3) is 0.625. The minimum absolute atomic E-state index is 0.502. The molecule has 0 radical (unpaired) electrons. The van der Waals surface area contributed by atoms with Gasteiger partial charge in [-0.05, 0) is 45.4 Å². The van der Waals surface area contributed by atoms with Gasteiger partial charge in [0.05, 0.1) is 12.7 Å². The van der Waals surface area contributed by atoms with Crippen molar-refractivity contribution >= 4 is 5.82 Å². The van der Waals surface area contributed by atoms with Crippen molar-refractivity contribution < 1.29 is 5.11 Å². The van der Waals surface area contributed by atoms with E-state index in [0.717, 1.165) is 37.4 Å². The number of piperidine rings is 1. The minimum atomic E-state index is -0.967. The maximum absolute atomic E-state index is 11.0. The molecular weight excluding hydrogens is 292 g/mol. The van der Waals surface area contributed by atoms with Crippen LogP contribution in [-0.2, 0) is 18.4 Å². The smallest absolute Gasteiger partial charge is 0.135 e. The second-order valence-corrected chi connectivity index (χ2v) is 6.64. The van der Waals surface area contributed by atoms with Crippen LogP contribution >= 0.6 is 0 Å². The number of rotatable bonds is 2. The normalized spacial score (nSPS) is 24.5. The molecule has 0 aromatic carbocycles. The molecule has 7 nitrogen and oxygen atoms in total. The van der Waals surface area contributed by atoms with Crippen molar-refractivity contribution in [3.8, 4) is 0 Å². The van der Waals surface area contributed by atoms with Crippen LogP contribution in [0.1, 0.15) is 48.5 Å². The van der Waals surface area contributed by atoms with Crippen LogP contribution < -0.4 is 4.90 Å². The lowest BCUT2D eigenvalue weighted by Gasteiger charge is -2.39. The second-order valence-electron chi connectivity index (χ2n) is 6.64. The Hall–Kier alpha value is -2.02. The largest absolute Gasteiger partial charge is 0.382 e. The molecule has 2 aliphatic rings. The quantitative estimate of drug-likeness (QED) is 0.867. The number of hydrogen-bond donors (Lipinski definition) is 2. The topological polar surface area (TPSA) is 90.8 Å². The predicted octanol–water partition coefficient (Wildman–Crippen LogP) is 1.27. The maximum atomic E-state index is 11.0. The van der Waals surface area contributed by atoms with Crippen LogP contribution in [0.4, 0.5) is 5.82 Å². The zero-order chi connectivity index (χ0) is 15.9. The number of nitrogens with one attached hydrogen (secondary N) is 1. The molecular formula is C16H22N6O. The zero-order valence-electron chi connectivity index (χ0n) is 13.4. The number of hydrogen-bond acceptors (Lipinski definition) is 6. The van der Waals surface area contributed by atoms with Gasteiger partial charge in [-0.3, -0.25) is 0 Å². The standard InChI is InChI=1S/C16H22N6O/c1-11-18-13-6-3-2-5-12(13)15(19-11)22-8-4-7-16(23,10-22)14-9-17-21-20-14/h9,23H,2-8,10H2,1H3,(H,17,20,21)/t16-/m0/s1. The molecule has 0 bridgehead atoms. The Morgan fingerprint density at radius 2 is 2.09 bits per heavy atom. The molecule has 1 fully saturated rings. The lowest BCUT2D eigenvalue weighted by Crippen LogP contribution is -2.47. The Morgan fingerprint density at radius 3 is 2.91 bits per heavy atom. The van der Waals surface area contributed by atoms with Gasteiger partial charge in [0.1, 0.15) is 22.9 Å². The van der Waals surface area contributed by atoms with Gasteiger partial charge in [-0.15, -0.1) is 0 Å². The van der Waals surface area contributed by atoms with Crippen LogP contribution in [0.15, 0.2) is 6.20 Å². The van der Waals surface area contributed by atoms with E-state index in [4.69, 9.17) is 4.98 Å². The van der Waals surface area contributed by atoms with Crippen LogP contribution in [0.3, 0.4) is 0 Å². The molecule has 0 unspecified atom stereocenters. The molecule has 0 spiro atoms. The lowest BCUT2D eigenvalue weighted by molar-refractivity contribution is 0.0174. The Bertz CT molecular complexity index is 701. The first kappa shape index (κ1) is 14.6. The Kier molecular flexibility index (Phi) is 3.52. The van der Waals surface area contributed by atoms with E-state index in [9.17, 15) is 5.11 Å². The highest BCUT2D eigenvalue weighted by Gasteiger charge is 2.38. The van der Waals surface area contributed by atoms with Crippen molar-refractivity contribution in [1.29, 1.82) is 0 Å². The van der Waals surface area contributed by atoms with Gasteiger partial charge in [0.25, 0.3) is 0 Å². The molecule has 122 valence electrons. The molecule has 0 saturated carbocycles. The van der Waals surface area contributed by atoms with E-state index in [1.54, 1.807) is 6.20 Å². The number of β-amino-alcohol motifs (C(OH)–C–C–N with tert-alkyl or cyclic N) is 1. The van der Waals surface area contributed by atoms with Gasteiger partial charge in [0, 0.05) is 17.8 Å². The van der Waals surface area contributed by atoms with E-state index in [-0.39, 0.29) is 0 Å². The first-order valence-electron chi connectivity index (χ1n) is 8.36. The summed E-state index contributed by atoms with van der Waals surface area (Å²) < 4.78 is 0. The first-order chi connectivity index (χ1) is 11.2. The van der Waals surface area contributed by atoms with Gasteiger partial charge in [0.2, 0.25) is 0 Å². The SMILES string of the molecule is Cc1nc2c(c(N3CCC[C@@](O)(c4cn[nH]n4)C3)n1)CCCC2. The predicted molar refractivity (Wildman–Crippen MR) is 85.1 cm³/mol. The van der Waals surface area contributed by atoms with E-state index in [1.807, 2.05) is 6.92 Å². The molecule has 2 aromatic heterocycles. The average molecular weight is 314 g/mol. The first-order valence-corrected chi connectivity index (χ1v) is 8.36. The third-order valence-electron chi connectivity index (χ3n) is 4.94. The number of aryl methyl sites for hydroxylation is 2. The fourth-order valence-corrected chi connectivity index (χ4v) is 3.81. The highest BCUT2D eigenvalue weighted by molar-refractivity contribution is 5.51. The van der Waals surface area contributed by atoms with Crippen molar-refractivity contribution in [2.45, 2.75) is 51.0 Å². The van der Waals surface area contributed by atoms with Gasteiger partial charge >= 0.3 is 0 Å². The van der Waals surface area contributed by atoms with E-state index < -0.39 is 5.60 Å². The molecule has 1 aliphatic carbocycles. The zero-order valence-corrected chi connectivity index (χ0v) is 13.4. The van der Waals surface area contributed by atoms with Gasteiger partial charge < -0.3 is 10.0 Å². The molecule has 1 saturated heterocycles. The number of aromatic nitrogens is 5. The van der Waals surface area contributed by atoms with Gasteiger partial charge in [0.15, 0.2) is 0 Å². The van der Waals surface area contributed by atoms with Gasteiger partial charge in [-0.2, -0.15) is 15.4 Å². The summed E-state index contributed by atoms with van der Waals surface area (Å²) in [7, 11) is 0. The van der Waals surface area contributed by atoms with E-state index in [1.165, 1.54) is 24.1 Å². The van der Waals surface area contributed by atoms with E-state index >= 15 is 0 Å². The molecule has 3 heterocycles. The average Bonchev–Trinajstić information content (AvgIpc) is 3.09. The highest BCUT2D eigenvalue weighted by Crippen LogP contribution is 2.35. The monoisotopic (exact) mass is 314 g/mol. The molecule has 4 rings (SSSR count). The Morgan fingerprint density at radius 1 is 1.22 bits per heavy atom. The summed E-state index contributed by atoms with van der Waals surface area (Å²) in [6, 6.07) is 0. The fourth-order valence-electron chi connectivity index (χ4n) is 3.81. The molecule has 1 aliphatic heterocycles. The lowest BCUT2D eigenvalue weighted by atomic mass is 9.89. The summed E-state index contributed by atoms with van der Waals surface area (Å²) >= 11 is 0. The summed E-state index contributed by atoms with van der Waals surface area (Å²) in [5.41, 5.74) is 2.11. The van der Waals surface area contributed by atoms with Crippen LogP contribution in [0.25, 0.3) is 0 Å². The summed E-state index contributed by atoms with van der Waals surface area (Å²) in [5.74, 6) is 1.82. The van der Waals surface area contributed by atoms with Crippen molar-refractivity contribution in [2.24, 2.45) is 0 Å². The number of fused-ring (bicyclic) bond motifs is 1. The maximum Gasteiger partial charge on any atom is 0.135 e. The molecule has 7 heteroatoms. The van der Waals surface area contributed by atoms with Gasteiger partial charge in [-0.25, -0.2) is 9.97 Å². The van der Waals surface area contributed by atoms with Crippen molar-refractivity contribution in [2.75, 3.05) is 18.0 Å². The molecule has 2 N–H and O–H groups in total. The van der Waals surface area contributed by atoms with Crippen molar-refractivity contribution in [1.82, 2.24) is 25.4 Å². The molecule has 23 heavy (non-hydrogen) atoms. The highest BCUT2D eigenvalue weighted by atomic mass is 16.3. The van der Waals surface area contributed by atoms with Crippen LogP contribution in [-0.4, -0.2) is 43.6 Å². The number of anilines is 1. The van der Waals surface area contributed by atoms with Crippen molar-refractivity contribution in [3.05, 3.63) is 29.0 Å². The number of aromatic amines is 1.